The molecule has 5 unspecified atom stereocenters. The zero-order valence-electron chi connectivity index (χ0n) is 16.0. The van der Waals surface area contributed by atoms with Gasteiger partial charge in [-0.1, -0.05) is 19.9 Å². The molecule has 3 fully saturated rings. The summed E-state index contributed by atoms with van der Waals surface area (Å²) < 4.78 is 10.9. The van der Waals surface area contributed by atoms with Gasteiger partial charge < -0.3 is 9.47 Å². The van der Waals surface area contributed by atoms with Crippen molar-refractivity contribution in [1.29, 1.82) is 0 Å². The number of carbonyl (C=O) groups is 1. The summed E-state index contributed by atoms with van der Waals surface area (Å²) in [5, 5.41) is 0. The van der Waals surface area contributed by atoms with Gasteiger partial charge in [-0.25, -0.2) is 0 Å². The molecule has 136 valence electrons. The molecule has 1 saturated carbocycles. The van der Waals surface area contributed by atoms with E-state index in [4.69, 9.17) is 9.47 Å². The molecule has 4 bridgehead atoms. The lowest BCUT2D eigenvalue weighted by Gasteiger charge is -2.69. The monoisotopic (exact) mass is 343 g/mol. The summed E-state index contributed by atoms with van der Waals surface area (Å²) in [6, 6.07) is 7.28. The molecule has 4 heteroatoms. The molecule has 1 aromatic carbocycles. The first-order chi connectivity index (χ1) is 11.9. The number of piperidine rings is 2. The minimum absolute atomic E-state index is 0.00793. The Morgan fingerprint density at radius 1 is 1.32 bits per heavy atom. The number of benzene rings is 1. The number of ether oxygens (including phenoxy) is 2. The van der Waals surface area contributed by atoms with Crippen LogP contribution in [0.5, 0.6) is 5.75 Å². The quantitative estimate of drug-likeness (QED) is 0.790. The third-order valence-electron chi connectivity index (χ3n) is 7.65. The van der Waals surface area contributed by atoms with E-state index in [-0.39, 0.29) is 28.8 Å². The van der Waals surface area contributed by atoms with Gasteiger partial charge in [0.1, 0.15) is 5.75 Å². The van der Waals surface area contributed by atoms with Crippen LogP contribution >= 0.6 is 0 Å². The highest BCUT2D eigenvalue weighted by molar-refractivity contribution is 5.74. The van der Waals surface area contributed by atoms with Crippen molar-refractivity contribution in [1.82, 2.24) is 4.90 Å². The van der Waals surface area contributed by atoms with Gasteiger partial charge in [0.25, 0.3) is 0 Å². The van der Waals surface area contributed by atoms with Crippen LogP contribution in [0, 0.1) is 11.3 Å². The Morgan fingerprint density at radius 2 is 2.08 bits per heavy atom. The average Bonchev–Trinajstić information content (AvgIpc) is 2.59. The molecular formula is C21H29NO3. The predicted octanol–water partition coefficient (Wildman–Crippen LogP) is 3.17. The number of nitrogens with zero attached hydrogens (tertiary/aromatic N) is 1. The summed E-state index contributed by atoms with van der Waals surface area (Å²) in [7, 11) is 3.93. The Kier molecular flexibility index (Phi) is 3.70. The molecule has 2 saturated heterocycles. The van der Waals surface area contributed by atoms with Gasteiger partial charge in [-0.2, -0.15) is 0 Å². The summed E-state index contributed by atoms with van der Waals surface area (Å²) in [6.45, 7) is 7.14. The minimum Gasteiger partial charge on any atom is -0.497 e. The van der Waals surface area contributed by atoms with Crippen LogP contribution in [-0.4, -0.2) is 43.7 Å². The van der Waals surface area contributed by atoms with Gasteiger partial charge in [0.05, 0.1) is 19.6 Å². The molecule has 2 aliphatic carbocycles. The maximum atomic E-state index is 12.6. The van der Waals surface area contributed by atoms with Crippen molar-refractivity contribution in [3.63, 3.8) is 0 Å². The summed E-state index contributed by atoms with van der Waals surface area (Å²) in [5.74, 6) is 0.905. The fraction of sp³-hybridized carbons (Fsp3) is 0.667. The Morgan fingerprint density at radius 3 is 2.76 bits per heavy atom. The first-order valence-corrected chi connectivity index (χ1v) is 9.41. The van der Waals surface area contributed by atoms with Gasteiger partial charge in [-0.15, -0.1) is 0 Å². The number of hydrogen-bond donors (Lipinski definition) is 0. The second-order valence-electron chi connectivity index (χ2n) is 8.49. The van der Waals surface area contributed by atoms with Crippen molar-refractivity contribution in [2.45, 2.75) is 57.5 Å². The molecular weight excluding hydrogens is 314 g/mol. The molecule has 0 spiro atoms. The van der Waals surface area contributed by atoms with Crippen LogP contribution in [0.2, 0.25) is 0 Å². The van der Waals surface area contributed by atoms with E-state index < -0.39 is 0 Å². The van der Waals surface area contributed by atoms with Crippen molar-refractivity contribution in [3.05, 3.63) is 29.3 Å². The van der Waals surface area contributed by atoms with Crippen LogP contribution in [0.25, 0.3) is 0 Å². The van der Waals surface area contributed by atoms with E-state index >= 15 is 0 Å². The van der Waals surface area contributed by atoms with Crippen LogP contribution in [0.15, 0.2) is 18.2 Å². The highest BCUT2D eigenvalue weighted by atomic mass is 16.5. The summed E-state index contributed by atoms with van der Waals surface area (Å²) in [4.78, 5) is 15.0. The Labute approximate surface area is 150 Å². The Bertz CT molecular complexity index is 717. The molecule has 25 heavy (non-hydrogen) atoms. The van der Waals surface area contributed by atoms with Crippen molar-refractivity contribution < 1.29 is 14.3 Å². The van der Waals surface area contributed by atoms with E-state index in [2.05, 4.69) is 44.0 Å². The number of carbonyl (C=O) groups excluding carboxylic acids is 1. The van der Waals surface area contributed by atoms with Crippen LogP contribution < -0.4 is 4.74 Å². The Balaban J connectivity index is 1.80. The number of methoxy groups -OCH3 is 1. The molecule has 0 aromatic heterocycles. The van der Waals surface area contributed by atoms with Gasteiger partial charge in [0.2, 0.25) is 0 Å². The number of rotatable bonds is 3. The fourth-order valence-corrected chi connectivity index (χ4v) is 6.08. The minimum atomic E-state index is -0.0162. The van der Waals surface area contributed by atoms with Crippen LogP contribution in [0.3, 0.4) is 0 Å². The Hall–Kier alpha value is -1.55. The molecule has 0 amide bonds. The standard InChI is InChI=1S/C21H29NO3/c1-6-25-19(23)15-11-21(3)18-9-13-7-8-14(24-5)10-16(13)20(21,2)12-17(15)22(18)4/h7-8,10,15,17-18H,6,9,11-12H2,1-5H3. The third-order valence-corrected chi connectivity index (χ3v) is 7.65. The molecule has 0 N–H and O–H groups in total. The smallest absolute Gasteiger partial charge is 0.310 e. The normalized spacial score (nSPS) is 39.0. The van der Waals surface area contributed by atoms with E-state index in [0.717, 1.165) is 25.0 Å². The average molecular weight is 343 g/mol. The lowest BCUT2D eigenvalue weighted by molar-refractivity contribution is -0.180. The van der Waals surface area contributed by atoms with Gasteiger partial charge in [-0.05, 0) is 61.9 Å². The van der Waals surface area contributed by atoms with Crippen molar-refractivity contribution in [2.24, 2.45) is 11.3 Å². The fourth-order valence-electron chi connectivity index (χ4n) is 6.08. The molecule has 1 aromatic rings. The second-order valence-corrected chi connectivity index (χ2v) is 8.49. The molecule has 4 aliphatic rings. The zero-order valence-corrected chi connectivity index (χ0v) is 16.0. The van der Waals surface area contributed by atoms with Crippen LogP contribution in [0.1, 0.15) is 44.7 Å². The number of fused-ring (bicyclic) bond motifs is 2. The van der Waals surface area contributed by atoms with Crippen molar-refractivity contribution >= 4 is 5.97 Å². The number of likely N-dealkylation sites (N-methyl/N-ethyl adjacent to an activating group) is 1. The maximum Gasteiger partial charge on any atom is 0.310 e. The van der Waals surface area contributed by atoms with Gasteiger partial charge in [0.15, 0.2) is 0 Å². The molecule has 2 heterocycles. The first-order valence-electron chi connectivity index (χ1n) is 9.41. The lowest BCUT2D eigenvalue weighted by Crippen LogP contribution is -2.73. The van der Waals surface area contributed by atoms with Crippen molar-refractivity contribution in [3.8, 4) is 5.75 Å². The van der Waals surface area contributed by atoms with Gasteiger partial charge in [0, 0.05) is 17.5 Å². The van der Waals surface area contributed by atoms with Crippen LogP contribution in [-0.2, 0) is 21.4 Å². The number of hydrogen-bond acceptors (Lipinski definition) is 4. The summed E-state index contributed by atoms with van der Waals surface area (Å²) >= 11 is 0. The highest BCUT2D eigenvalue weighted by Crippen LogP contribution is 2.65. The molecule has 2 aliphatic heterocycles. The molecule has 4 nitrogen and oxygen atoms in total. The summed E-state index contributed by atoms with van der Waals surface area (Å²) in [5.41, 5.74) is 2.99. The van der Waals surface area contributed by atoms with Gasteiger partial charge in [-0.3, -0.25) is 9.69 Å². The van der Waals surface area contributed by atoms with Crippen molar-refractivity contribution in [2.75, 3.05) is 20.8 Å². The third kappa shape index (κ3) is 2.06. The molecule has 5 rings (SSSR count). The lowest BCUT2D eigenvalue weighted by atomic mass is 9.42. The van der Waals surface area contributed by atoms with E-state index in [0.29, 0.717) is 12.6 Å². The SMILES string of the molecule is CCOC(=O)C1CC2(C)C3Cc4ccc(OC)cc4C2(C)CC1N3C. The molecule has 0 radical (unpaired) electrons. The van der Waals surface area contributed by atoms with E-state index in [9.17, 15) is 4.79 Å². The highest BCUT2D eigenvalue weighted by Gasteiger charge is 2.66. The topological polar surface area (TPSA) is 38.8 Å². The summed E-state index contributed by atoms with van der Waals surface area (Å²) in [6.07, 6.45) is 2.97. The molecule has 5 atom stereocenters. The number of esters is 1. The predicted molar refractivity (Wildman–Crippen MR) is 96.9 cm³/mol. The van der Waals surface area contributed by atoms with E-state index in [1.807, 2.05) is 6.92 Å². The largest absolute Gasteiger partial charge is 0.497 e. The second kappa shape index (κ2) is 5.47. The van der Waals surface area contributed by atoms with E-state index in [1.165, 1.54) is 11.1 Å². The first kappa shape index (κ1) is 16.9. The zero-order chi connectivity index (χ0) is 18.0. The maximum absolute atomic E-state index is 12.6. The van der Waals surface area contributed by atoms with Crippen LogP contribution in [0.4, 0.5) is 0 Å². The van der Waals surface area contributed by atoms with E-state index in [1.54, 1.807) is 7.11 Å². The van der Waals surface area contributed by atoms with Gasteiger partial charge >= 0.3 is 5.97 Å².